The number of hydrogen-bond acceptors (Lipinski definition) is 2. The molecular formula is C12H13BrClNO3. The summed E-state index contributed by atoms with van der Waals surface area (Å²) < 4.78 is 0.669. The molecule has 4 nitrogen and oxygen atoms in total. The SMILES string of the molecule is CN(CCCC(=O)O)C(=O)c1cc(Cl)ccc1Br. The van der Waals surface area contributed by atoms with Gasteiger partial charge >= 0.3 is 5.97 Å². The second-order valence-electron chi connectivity index (χ2n) is 3.85. The van der Waals surface area contributed by atoms with Crippen molar-refractivity contribution < 1.29 is 14.7 Å². The van der Waals surface area contributed by atoms with Crippen LogP contribution in [0.1, 0.15) is 23.2 Å². The van der Waals surface area contributed by atoms with Crippen LogP contribution in [0, 0.1) is 0 Å². The van der Waals surface area contributed by atoms with Crippen LogP contribution in [0.15, 0.2) is 22.7 Å². The first kappa shape index (κ1) is 15.0. The number of rotatable bonds is 5. The molecule has 1 amide bonds. The normalized spacial score (nSPS) is 10.2. The van der Waals surface area contributed by atoms with E-state index in [1.807, 2.05) is 0 Å². The van der Waals surface area contributed by atoms with Gasteiger partial charge in [-0.25, -0.2) is 0 Å². The number of carboxylic acid groups (broad SMARTS) is 1. The van der Waals surface area contributed by atoms with Gasteiger partial charge in [-0.3, -0.25) is 9.59 Å². The van der Waals surface area contributed by atoms with Gasteiger partial charge in [0.15, 0.2) is 0 Å². The van der Waals surface area contributed by atoms with Gasteiger partial charge in [-0.05, 0) is 40.5 Å². The van der Waals surface area contributed by atoms with Crippen molar-refractivity contribution in [2.45, 2.75) is 12.8 Å². The Balaban J connectivity index is 2.68. The molecule has 0 radical (unpaired) electrons. The summed E-state index contributed by atoms with van der Waals surface area (Å²) in [6.07, 6.45) is 0.476. The van der Waals surface area contributed by atoms with Crippen molar-refractivity contribution >= 4 is 39.4 Å². The summed E-state index contributed by atoms with van der Waals surface area (Å²) in [5.74, 6) is -1.05. The molecule has 0 heterocycles. The lowest BCUT2D eigenvalue weighted by molar-refractivity contribution is -0.137. The first-order valence-corrected chi connectivity index (χ1v) is 6.51. The molecule has 0 saturated carbocycles. The predicted molar refractivity (Wildman–Crippen MR) is 73.0 cm³/mol. The van der Waals surface area contributed by atoms with E-state index >= 15 is 0 Å². The highest BCUT2D eigenvalue weighted by molar-refractivity contribution is 9.10. The first-order chi connectivity index (χ1) is 8.41. The quantitative estimate of drug-likeness (QED) is 0.900. The monoisotopic (exact) mass is 333 g/mol. The average Bonchev–Trinajstić information content (AvgIpc) is 2.30. The number of carbonyl (C=O) groups is 2. The van der Waals surface area contributed by atoms with Crippen LogP contribution in [0.3, 0.4) is 0 Å². The van der Waals surface area contributed by atoms with E-state index in [2.05, 4.69) is 15.9 Å². The minimum Gasteiger partial charge on any atom is -0.481 e. The first-order valence-electron chi connectivity index (χ1n) is 5.34. The molecule has 0 aromatic heterocycles. The highest BCUT2D eigenvalue weighted by Crippen LogP contribution is 2.22. The van der Waals surface area contributed by atoms with Gasteiger partial charge in [-0.15, -0.1) is 0 Å². The van der Waals surface area contributed by atoms with Crippen molar-refractivity contribution in [3.63, 3.8) is 0 Å². The van der Waals surface area contributed by atoms with Crippen molar-refractivity contribution in [1.82, 2.24) is 4.90 Å². The van der Waals surface area contributed by atoms with Crippen LogP contribution in [-0.2, 0) is 4.79 Å². The minimum absolute atomic E-state index is 0.0499. The lowest BCUT2D eigenvalue weighted by Gasteiger charge is -2.17. The van der Waals surface area contributed by atoms with E-state index in [1.54, 1.807) is 25.2 Å². The van der Waals surface area contributed by atoms with E-state index in [-0.39, 0.29) is 12.3 Å². The number of carboxylic acids is 1. The Morgan fingerprint density at radius 2 is 2.11 bits per heavy atom. The molecule has 0 atom stereocenters. The molecule has 1 N–H and O–H groups in total. The third-order valence-electron chi connectivity index (χ3n) is 2.39. The van der Waals surface area contributed by atoms with Crippen LogP contribution < -0.4 is 0 Å². The van der Waals surface area contributed by atoms with E-state index in [9.17, 15) is 9.59 Å². The zero-order chi connectivity index (χ0) is 13.7. The summed E-state index contributed by atoms with van der Waals surface area (Å²) in [6, 6.07) is 4.98. The maximum atomic E-state index is 12.1. The molecule has 98 valence electrons. The summed E-state index contributed by atoms with van der Waals surface area (Å²) in [7, 11) is 1.64. The summed E-state index contributed by atoms with van der Waals surface area (Å²) in [6.45, 7) is 0.393. The van der Waals surface area contributed by atoms with E-state index < -0.39 is 5.97 Å². The van der Waals surface area contributed by atoms with Gasteiger partial charge in [-0.1, -0.05) is 11.6 Å². The molecule has 0 spiro atoms. The maximum Gasteiger partial charge on any atom is 0.303 e. The van der Waals surface area contributed by atoms with Crippen molar-refractivity contribution in [1.29, 1.82) is 0 Å². The molecule has 1 aromatic rings. The standard InChI is InChI=1S/C12H13BrClNO3/c1-15(6-2-3-11(16)17)12(18)9-7-8(14)4-5-10(9)13/h4-5,7H,2-3,6H2,1H3,(H,16,17). The molecule has 0 saturated heterocycles. The predicted octanol–water partition coefficient (Wildman–Crippen LogP) is 3.04. The number of benzene rings is 1. The average molecular weight is 335 g/mol. The Kier molecular flexibility index (Phi) is 5.62. The van der Waals surface area contributed by atoms with E-state index in [0.29, 0.717) is 28.0 Å². The number of aliphatic carboxylic acids is 1. The van der Waals surface area contributed by atoms with Gasteiger partial charge in [0.2, 0.25) is 0 Å². The van der Waals surface area contributed by atoms with E-state index in [4.69, 9.17) is 16.7 Å². The fourth-order valence-corrected chi connectivity index (χ4v) is 2.02. The van der Waals surface area contributed by atoms with Gasteiger partial charge in [0.1, 0.15) is 0 Å². The highest BCUT2D eigenvalue weighted by Gasteiger charge is 2.15. The van der Waals surface area contributed by atoms with Crippen LogP contribution in [-0.4, -0.2) is 35.5 Å². The number of amides is 1. The van der Waals surface area contributed by atoms with Crippen molar-refractivity contribution in [2.24, 2.45) is 0 Å². The lowest BCUT2D eigenvalue weighted by atomic mass is 10.2. The number of halogens is 2. The fourth-order valence-electron chi connectivity index (χ4n) is 1.44. The number of nitrogens with zero attached hydrogens (tertiary/aromatic N) is 1. The van der Waals surface area contributed by atoms with Gasteiger partial charge < -0.3 is 10.0 Å². The van der Waals surface area contributed by atoms with Crippen LogP contribution in [0.2, 0.25) is 5.02 Å². The molecule has 1 aromatic carbocycles. The zero-order valence-electron chi connectivity index (χ0n) is 9.82. The topological polar surface area (TPSA) is 57.6 Å². The van der Waals surface area contributed by atoms with E-state index in [0.717, 1.165) is 0 Å². The third-order valence-corrected chi connectivity index (χ3v) is 3.32. The molecular weight excluding hydrogens is 321 g/mol. The van der Waals surface area contributed by atoms with Gasteiger partial charge in [0.05, 0.1) is 5.56 Å². The Bertz CT molecular complexity index is 465. The van der Waals surface area contributed by atoms with Crippen LogP contribution in [0.5, 0.6) is 0 Å². The summed E-state index contributed by atoms with van der Waals surface area (Å²) in [5, 5.41) is 9.02. The molecule has 0 aliphatic carbocycles. The largest absolute Gasteiger partial charge is 0.481 e. The zero-order valence-corrected chi connectivity index (χ0v) is 12.2. The molecule has 18 heavy (non-hydrogen) atoms. The molecule has 0 aliphatic rings. The molecule has 0 bridgehead atoms. The van der Waals surface area contributed by atoms with Gasteiger partial charge in [-0.2, -0.15) is 0 Å². The van der Waals surface area contributed by atoms with Crippen LogP contribution in [0.25, 0.3) is 0 Å². The second kappa shape index (κ2) is 6.75. The molecule has 6 heteroatoms. The van der Waals surface area contributed by atoms with Crippen LogP contribution >= 0.6 is 27.5 Å². The Hall–Kier alpha value is -1.07. The summed E-state index contributed by atoms with van der Waals surface area (Å²) in [4.78, 5) is 24.0. The Morgan fingerprint density at radius 1 is 1.44 bits per heavy atom. The minimum atomic E-state index is -0.861. The van der Waals surface area contributed by atoms with Crippen molar-refractivity contribution in [3.8, 4) is 0 Å². The summed E-state index contributed by atoms with van der Waals surface area (Å²) >= 11 is 9.13. The maximum absolute atomic E-state index is 12.1. The van der Waals surface area contributed by atoms with Gasteiger partial charge in [0, 0.05) is 29.5 Å². The van der Waals surface area contributed by atoms with Crippen molar-refractivity contribution in [2.75, 3.05) is 13.6 Å². The third kappa shape index (κ3) is 4.31. The molecule has 0 unspecified atom stereocenters. The lowest BCUT2D eigenvalue weighted by Crippen LogP contribution is -2.28. The van der Waals surface area contributed by atoms with Gasteiger partial charge in [0.25, 0.3) is 5.91 Å². The molecule has 1 rings (SSSR count). The highest BCUT2D eigenvalue weighted by atomic mass is 79.9. The number of hydrogen-bond donors (Lipinski definition) is 1. The molecule has 0 aliphatic heterocycles. The Labute approximate surface area is 119 Å². The van der Waals surface area contributed by atoms with E-state index in [1.165, 1.54) is 4.90 Å². The molecule has 0 fully saturated rings. The second-order valence-corrected chi connectivity index (χ2v) is 5.14. The van der Waals surface area contributed by atoms with Crippen LogP contribution in [0.4, 0.5) is 0 Å². The Morgan fingerprint density at radius 3 is 2.72 bits per heavy atom. The number of carbonyl (C=O) groups excluding carboxylic acids is 1. The fraction of sp³-hybridized carbons (Fsp3) is 0.333. The smallest absolute Gasteiger partial charge is 0.303 e. The summed E-state index contributed by atoms with van der Waals surface area (Å²) in [5.41, 5.74) is 0.473. The van der Waals surface area contributed by atoms with Crippen molar-refractivity contribution in [3.05, 3.63) is 33.3 Å².